The second-order valence-electron chi connectivity index (χ2n) is 5.58. The third kappa shape index (κ3) is 2.43. The predicted molar refractivity (Wildman–Crippen MR) is 79.9 cm³/mol. The van der Waals surface area contributed by atoms with Crippen molar-refractivity contribution in [2.45, 2.75) is 45.4 Å². The summed E-state index contributed by atoms with van der Waals surface area (Å²) in [4.78, 5) is 0. The number of hydrogen-bond acceptors (Lipinski definition) is 0. The topological polar surface area (TPSA) is 0 Å². The van der Waals surface area contributed by atoms with E-state index in [1.807, 2.05) is 0 Å². The zero-order valence-electron chi connectivity index (χ0n) is 11.8. The van der Waals surface area contributed by atoms with Gasteiger partial charge in [0.15, 0.2) is 0 Å². The van der Waals surface area contributed by atoms with Crippen LogP contribution in [0.4, 0.5) is 0 Å². The molecule has 1 aromatic carbocycles. The van der Waals surface area contributed by atoms with E-state index < -0.39 is 0 Å². The van der Waals surface area contributed by atoms with Crippen LogP contribution >= 0.6 is 0 Å². The van der Waals surface area contributed by atoms with Crippen LogP contribution < -0.4 is 0 Å². The highest BCUT2D eigenvalue weighted by Gasteiger charge is 2.31. The number of rotatable bonds is 4. The minimum Gasteiger partial charge on any atom is -0.0805 e. The quantitative estimate of drug-likeness (QED) is 0.691. The molecule has 2 atom stereocenters. The Hall–Kier alpha value is -1.30. The van der Waals surface area contributed by atoms with Crippen molar-refractivity contribution in [2.75, 3.05) is 0 Å². The molecule has 0 N–H and O–H groups in total. The highest BCUT2D eigenvalue weighted by molar-refractivity contribution is 5.41. The molecule has 2 rings (SSSR count). The molecule has 0 amide bonds. The second kappa shape index (κ2) is 5.56. The zero-order valence-corrected chi connectivity index (χ0v) is 11.8. The van der Waals surface area contributed by atoms with Crippen molar-refractivity contribution in [1.29, 1.82) is 0 Å². The summed E-state index contributed by atoms with van der Waals surface area (Å²) < 4.78 is 0. The summed E-state index contributed by atoms with van der Waals surface area (Å²) >= 11 is 0. The molecule has 1 aromatic rings. The minimum absolute atomic E-state index is 0.152. The highest BCUT2D eigenvalue weighted by Crippen LogP contribution is 2.38. The van der Waals surface area contributed by atoms with Crippen molar-refractivity contribution in [1.82, 2.24) is 0 Å². The smallest absolute Gasteiger partial charge is 0.0169 e. The summed E-state index contributed by atoms with van der Waals surface area (Å²) in [5.41, 5.74) is 3.18. The van der Waals surface area contributed by atoms with E-state index >= 15 is 0 Å². The monoisotopic (exact) mass is 240 g/mol. The van der Waals surface area contributed by atoms with Crippen molar-refractivity contribution in [2.24, 2.45) is 5.92 Å². The lowest BCUT2D eigenvalue weighted by molar-refractivity contribution is 0.453. The molecule has 1 aliphatic carbocycles. The van der Waals surface area contributed by atoms with Crippen LogP contribution in [-0.2, 0) is 11.8 Å². The molecule has 0 aliphatic heterocycles. The van der Waals surface area contributed by atoms with Crippen molar-refractivity contribution in [3.05, 3.63) is 59.7 Å². The van der Waals surface area contributed by atoms with Crippen LogP contribution in [0.3, 0.4) is 0 Å². The Morgan fingerprint density at radius 1 is 1.17 bits per heavy atom. The van der Waals surface area contributed by atoms with Crippen LogP contribution in [0, 0.1) is 5.92 Å². The molecular formula is C18H24. The summed E-state index contributed by atoms with van der Waals surface area (Å²) in [6.07, 6.45) is 12.8. The van der Waals surface area contributed by atoms with Crippen LogP contribution in [0.5, 0.6) is 0 Å². The molecule has 96 valence electrons. The molecule has 0 aromatic heterocycles. The first-order chi connectivity index (χ1) is 8.68. The molecule has 0 heterocycles. The maximum atomic E-state index is 2.36. The van der Waals surface area contributed by atoms with Gasteiger partial charge >= 0.3 is 0 Å². The molecule has 1 aliphatic rings. The van der Waals surface area contributed by atoms with E-state index in [1.54, 1.807) is 0 Å². The molecule has 0 bridgehead atoms. The fourth-order valence-corrected chi connectivity index (χ4v) is 2.80. The van der Waals surface area contributed by atoms with E-state index in [9.17, 15) is 0 Å². The fraction of sp³-hybridized carbons (Fsp3) is 0.444. The molecule has 0 heteroatoms. The van der Waals surface area contributed by atoms with E-state index in [1.165, 1.54) is 30.4 Å². The molecule has 0 saturated carbocycles. The SMILES string of the molecule is CCCCc1ccccc1C1(C)C=CC=CC1C. The van der Waals surface area contributed by atoms with Gasteiger partial charge in [-0.25, -0.2) is 0 Å². The van der Waals surface area contributed by atoms with Gasteiger partial charge in [-0.3, -0.25) is 0 Å². The molecule has 0 fully saturated rings. The van der Waals surface area contributed by atoms with Gasteiger partial charge in [-0.15, -0.1) is 0 Å². The van der Waals surface area contributed by atoms with E-state index in [-0.39, 0.29) is 5.41 Å². The van der Waals surface area contributed by atoms with Gasteiger partial charge < -0.3 is 0 Å². The summed E-state index contributed by atoms with van der Waals surface area (Å²) in [5.74, 6) is 0.560. The Morgan fingerprint density at radius 3 is 2.67 bits per heavy atom. The number of hydrogen-bond donors (Lipinski definition) is 0. The van der Waals surface area contributed by atoms with Crippen molar-refractivity contribution in [3.8, 4) is 0 Å². The van der Waals surface area contributed by atoms with Crippen LogP contribution in [-0.4, -0.2) is 0 Å². The average Bonchev–Trinajstić information content (AvgIpc) is 2.40. The van der Waals surface area contributed by atoms with Gasteiger partial charge in [0.25, 0.3) is 0 Å². The molecule has 0 saturated heterocycles. The third-order valence-corrected chi connectivity index (χ3v) is 4.30. The number of allylic oxidation sites excluding steroid dienone is 4. The Kier molecular flexibility index (Phi) is 4.06. The first kappa shape index (κ1) is 13.1. The summed E-state index contributed by atoms with van der Waals surface area (Å²) in [6, 6.07) is 8.96. The lowest BCUT2D eigenvalue weighted by Crippen LogP contribution is -2.29. The number of unbranched alkanes of at least 4 members (excludes halogenated alkanes) is 1. The first-order valence-corrected chi connectivity index (χ1v) is 7.13. The van der Waals surface area contributed by atoms with E-state index in [4.69, 9.17) is 0 Å². The van der Waals surface area contributed by atoms with Gasteiger partial charge in [0.1, 0.15) is 0 Å². The lowest BCUT2D eigenvalue weighted by atomic mass is 9.69. The Labute approximate surface area is 111 Å². The maximum absolute atomic E-state index is 2.36. The van der Waals surface area contributed by atoms with Gasteiger partial charge in [0.05, 0.1) is 0 Å². The summed E-state index contributed by atoms with van der Waals surface area (Å²) in [7, 11) is 0. The van der Waals surface area contributed by atoms with Gasteiger partial charge in [0, 0.05) is 5.41 Å². The van der Waals surface area contributed by atoms with Gasteiger partial charge in [-0.1, -0.05) is 75.8 Å². The molecular weight excluding hydrogens is 216 g/mol. The van der Waals surface area contributed by atoms with Crippen molar-refractivity contribution in [3.63, 3.8) is 0 Å². The molecule has 18 heavy (non-hydrogen) atoms. The van der Waals surface area contributed by atoms with Crippen LogP contribution in [0.15, 0.2) is 48.6 Å². The molecule has 0 spiro atoms. The van der Waals surface area contributed by atoms with Crippen LogP contribution in [0.1, 0.15) is 44.7 Å². The molecule has 2 unspecified atom stereocenters. The van der Waals surface area contributed by atoms with E-state index in [2.05, 4.69) is 69.3 Å². The Bertz CT molecular complexity index is 453. The normalized spacial score (nSPS) is 26.5. The molecule has 0 nitrogen and oxygen atoms in total. The van der Waals surface area contributed by atoms with Crippen LogP contribution in [0.2, 0.25) is 0 Å². The molecule has 0 radical (unpaired) electrons. The Balaban J connectivity index is 2.37. The summed E-state index contributed by atoms with van der Waals surface area (Å²) in [5, 5.41) is 0. The standard InChI is InChI=1S/C18H24/c1-4-5-11-16-12-6-7-13-17(16)18(3)14-9-8-10-15(18)2/h6-10,12-15H,4-5,11H2,1-3H3. The van der Waals surface area contributed by atoms with Gasteiger partial charge in [-0.2, -0.15) is 0 Å². The predicted octanol–water partition coefficient (Wildman–Crippen LogP) is 5.05. The average molecular weight is 240 g/mol. The van der Waals surface area contributed by atoms with Crippen LogP contribution in [0.25, 0.3) is 0 Å². The van der Waals surface area contributed by atoms with E-state index in [0.29, 0.717) is 5.92 Å². The van der Waals surface area contributed by atoms with Gasteiger partial charge in [-0.05, 0) is 29.9 Å². The lowest BCUT2D eigenvalue weighted by Gasteiger charge is -2.35. The minimum atomic E-state index is 0.152. The fourth-order valence-electron chi connectivity index (χ4n) is 2.80. The second-order valence-corrected chi connectivity index (χ2v) is 5.58. The largest absolute Gasteiger partial charge is 0.0805 e. The third-order valence-electron chi connectivity index (χ3n) is 4.30. The highest BCUT2D eigenvalue weighted by atomic mass is 14.3. The van der Waals surface area contributed by atoms with Gasteiger partial charge in [0.2, 0.25) is 0 Å². The maximum Gasteiger partial charge on any atom is 0.0169 e. The number of aryl methyl sites for hydroxylation is 1. The van der Waals surface area contributed by atoms with Crippen molar-refractivity contribution < 1.29 is 0 Å². The van der Waals surface area contributed by atoms with Crippen molar-refractivity contribution >= 4 is 0 Å². The summed E-state index contributed by atoms with van der Waals surface area (Å²) in [6.45, 7) is 6.94. The first-order valence-electron chi connectivity index (χ1n) is 7.13. The van der Waals surface area contributed by atoms with E-state index in [0.717, 1.165) is 0 Å². The number of benzene rings is 1. The Morgan fingerprint density at radius 2 is 1.94 bits per heavy atom. The zero-order chi connectivity index (χ0) is 13.0.